The molecule has 0 spiro atoms. The second-order valence-corrected chi connectivity index (χ2v) is 5.36. The minimum absolute atomic E-state index is 0.0454. The van der Waals surface area contributed by atoms with E-state index in [0.717, 1.165) is 30.7 Å². The fraction of sp³-hybridized carbons (Fsp3) is 0.357. The average molecular weight is 311 g/mol. The first-order valence-electron chi connectivity index (χ1n) is 6.71. The van der Waals surface area contributed by atoms with Crippen molar-refractivity contribution in [3.05, 3.63) is 46.0 Å². The van der Waals surface area contributed by atoms with Crippen molar-refractivity contribution >= 4 is 17.1 Å². The first-order chi connectivity index (χ1) is 10.4. The van der Waals surface area contributed by atoms with Crippen molar-refractivity contribution in [1.82, 2.24) is 0 Å². The third-order valence-corrected chi connectivity index (χ3v) is 3.99. The van der Waals surface area contributed by atoms with Crippen LogP contribution in [0.25, 0.3) is 0 Å². The minimum atomic E-state index is -4.62. The lowest BCUT2D eigenvalue weighted by atomic mass is 9.74. The average Bonchev–Trinajstić information content (AvgIpc) is 2.79. The van der Waals surface area contributed by atoms with Gasteiger partial charge in [-0.1, -0.05) is 12.2 Å². The molecule has 2 atom stereocenters. The summed E-state index contributed by atoms with van der Waals surface area (Å²) in [7, 11) is 0. The number of halogens is 3. The van der Waals surface area contributed by atoms with Gasteiger partial charge in [0, 0.05) is 17.7 Å². The zero-order valence-electron chi connectivity index (χ0n) is 11.3. The maximum Gasteiger partial charge on any atom is 0.416 e. The highest BCUT2D eigenvalue weighted by Gasteiger charge is 2.38. The van der Waals surface area contributed by atoms with Gasteiger partial charge in [0.25, 0.3) is 5.69 Å². The van der Waals surface area contributed by atoms with Crippen LogP contribution in [0.3, 0.4) is 0 Å². The van der Waals surface area contributed by atoms with Crippen LogP contribution in [0.2, 0.25) is 0 Å². The summed E-state index contributed by atoms with van der Waals surface area (Å²) in [5.41, 5.74) is 1.66. The predicted octanol–water partition coefficient (Wildman–Crippen LogP) is 3.98. The van der Waals surface area contributed by atoms with E-state index in [2.05, 4.69) is 16.6 Å². The molecule has 3 rings (SSSR count). The van der Waals surface area contributed by atoms with Crippen LogP contribution in [-0.4, -0.2) is 10.6 Å². The second kappa shape index (κ2) is 5.11. The quantitative estimate of drug-likeness (QED) is 0.521. The molecule has 2 aliphatic rings. The molecule has 1 aromatic rings. The van der Waals surface area contributed by atoms with Crippen molar-refractivity contribution in [1.29, 1.82) is 0 Å². The number of hydrogen-bond acceptors (Lipinski definition) is 4. The lowest BCUT2D eigenvalue weighted by molar-refractivity contribution is -0.384. The highest BCUT2D eigenvalue weighted by molar-refractivity contribution is 5.95. The van der Waals surface area contributed by atoms with Gasteiger partial charge in [-0.05, 0) is 30.9 Å². The Hall–Kier alpha value is -2.38. The number of alkyl halides is 3. The number of nitro groups is 1. The van der Waals surface area contributed by atoms with Crippen LogP contribution in [0.5, 0.6) is 0 Å². The number of nitro benzene ring substituents is 1. The van der Waals surface area contributed by atoms with E-state index in [9.17, 15) is 23.3 Å². The number of fused-ring (bicyclic) bond motifs is 1. The molecule has 0 unspecified atom stereocenters. The Morgan fingerprint density at radius 1 is 1.36 bits per heavy atom. The van der Waals surface area contributed by atoms with E-state index in [1.54, 1.807) is 0 Å². The topological polar surface area (TPSA) is 67.5 Å². The molecule has 0 radical (unpaired) electrons. The molecule has 116 valence electrons. The predicted molar refractivity (Wildman–Crippen MR) is 74.5 cm³/mol. The summed E-state index contributed by atoms with van der Waals surface area (Å²) in [6.07, 6.45) is 1.29. The maximum atomic E-state index is 12.6. The van der Waals surface area contributed by atoms with Crippen LogP contribution < -0.4 is 5.43 Å². The van der Waals surface area contributed by atoms with Gasteiger partial charge < -0.3 is 0 Å². The fourth-order valence-corrected chi connectivity index (χ4v) is 2.75. The van der Waals surface area contributed by atoms with Crippen LogP contribution in [0, 0.1) is 22.0 Å². The summed E-state index contributed by atoms with van der Waals surface area (Å²) < 4.78 is 37.8. The highest BCUT2D eigenvalue weighted by Crippen LogP contribution is 2.41. The summed E-state index contributed by atoms with van der Waals surface area (Å²) in [6, 6.07) is 2.35. The normalized spacial score (nSPS) is 25.0. The Bertz CT molecular complexity index is 682. The molecule has 22 heavy (non-hydrogen) atoms. The number of nitrogens with zero attached hydrogens (tertiary/aromatic N) is 2. The van der Waals surface area contributed by atoms with Crippen LogP contribution >= 0.6 is 0 Å². The molecule has 1 saturated carbocycles. The van der Waals surface area contributed by atoms with Crippen molar-refractivity contribution in [2.45, 2.75) is 19.0 Å². The Morgan fingerprint density at radius 2 is 2.14 bits per heavy atom. The molecule has 5 nitrogen and oxygen atoms in total. The van der Waals surface area contributed by atoms with Gasteiger partial charge in [-0.25, -0.2) is 0 Å². The van der Waals surface area contributed by atoms with Gasteiger partial charge in [0.2, 0.25) is 0 Å². The molecule has 0 saturated heterocycles. The van der Waals surface area contributed by atoms with Gasteiger partial charge in [-0.15, -0.1) is 0 Å². The Morgan fingerprint density at radius 3 is 2.77 bits per heavy atom. The molecule has 0 bridgehead atoms. The summed E-state index contributed by atoms with van der Waals surface area (Å²) in [6.45, 7) is 0. The van der Waals surface area contributed by atoms with E-state index in [0.29, 0.717) is 12.0 Å². The summed E-state index contributed by atoms with van der Waals surface area (Å²) in [4.78, 5) is 10.1. The fourth-order valence-electron chi connectivity index (χ4n) is 2.75. The van der Waals surface area contributed by atoms with E-state index in [4.69, 9.17) is 0 Å². The molecule has 1 aromatic carbocycles. The molecule has 0 amide bonds. The maximum absolute atomic E-state index is 12.6. The van der Waals surface area contributed by atoms with Crippen molar-refractivity contribution < 1.29 is 18.1 Å². The molecular formula is C14H12F3N3O2. The number of anilines is 1. The van der Waals surface area contributed by atoms with E-state index >= 15 is 0 Å². The van der Waals surface area contributed by atoms with E-state index < -0.39 is 22.4 Å². The Kier molecular flexibility index (Phi) is 3.38. The molecule has 1 fully saturated rings. The largest absolute Gasteiger partial charge is 0.416 e. The van der Waals surface area contributed by atoms with Crippen molar-refractivity contribution in [2.75, 3.05) is 5.43 Å². The molecule has 0 aromatic heterocycles. The second-order valence-electron chi connectivity index (χ2n) is 5.36. The monoisotopic (exact) mass is 311 g/mol. The molecular weight excluding hydrogens is 299 g/mol. The van der Waals surface area contributed by atoms with Gasteiger partial charge in [0.15, 0.2) is 0 Å². The zero-order valence-corrected chi connectivity index (χ0v) is 11.3. The summed E-state index contributed by atoms with van der Waals surface area (Å²) >= 11 is 0. The Labute approximate surface area is 123 Å². The molecule has 0 heterocycles. The third-order valence-electron chi connectivity index (χ3n) is 3.99. The molecule has 8 heteroatoms. The number of rotatable bonds is 3. The SMILES string of the molecule is O=[N+]([O-])c1cc(C(F)(F)F)ccc1N/N=C1/C[C@H]2CC=C[C@H]12. The van der Waals surface area contributed by atoms with Crippen molar-refractivity contribution in [2.24, 2.45) is 16.9 Å². The summed E-state index contributed by atoms with van der Waals surface area (Å²) in [5, 5.41) is 15.1. The van der Waals surface area contributed by atoms with Crippen LogP contribution in [0.1, 0.15) is 18.4 Å². The number of hydrogen-bond donors (Lipinski definition) is 1. The first kappa shape index (κ1) is 14.6. The lowest BCUT2D eigenvalue weighted by Gasteiger charge is -2.31. The zero-order chi connectivity index (χ0) is 15.9. The minimum Gasteiger partial charge on any atom is -0.272 e. The molecule has 1 N–H and O–H groups in total. The number of nitrogens with one attached hydrogen (secondary N) is 1. The Balaban J connectivity index is 1.83. The van der Waals surface area contributed by atoms with Crippen LogP contribution in [0.15, 0.2) is 35.5 Å². The van der Waals surface area contributed by atoms with Gasteiger partial charge in [-0.3, -0.25) is 15.5 Å². The number of allylic oxidation sites excluding steroid dienone is 2. The van der Waals surface area contributed by atoms with Crippen molar-refractivity contribution in [3.8, 4) is 0 Å². The van der Waals surface area contributed by atoms with E-state index in [1.165, 1.54) is 0 Å². The molecule has 2 aliphatic carbocycles. The number of hydrazone groups is 1. The van der Waals surface area contributed by atoms with Gasteiger partial charge in [-0.2, -0.15) is 18.3 Å². The van der Waals surface area contributed by atoms with Gasteiger partial charge in [0.1, 0.15) is 5.69 Å². The van der Waals surface area contributed by atoms with Gasteiger partial charge >= 0.3 is 6.18 Å². The lowest BCUT2D eigenvalue weighted by Crippen LogP contribution is -2.33. The highest BCUT2D eigenvalue weighted by atomic mass is 19.4. The number of benzene rings is 1. The first-order valence-corrected chi connectivity index (χ1v) is 6.71. The standard InChI is InChI=1S/C14H12F3N3O2/c15-14(16,17)9-4-5-11(13(7-9)20(21)22)18-19-12-6-8-2-1-3-10(8)12/h1,3-5,7-8,10,18H,2,6H2/b19-12-/t8-,10+/m1/s1. The van der Waals surface area contributed by atoms with Crippen LogP contribution in [0.4, 0.5) is 24.5 Å². The van der Waals surface area contributed by atoms with Crippen molar-refractivity contribution in [3.63, 3.8) is 0 Å². The molecule has 0 aliphatic heterocycles. The van der Waals surface area contributed by atoms with E-state index in [1.807, 2.05) is 6.08 Å². The van der Waals surface area contributed by atoms with E-state index in [-0.39, 0.29) is 11.6 Å². The van der Waals surface area contributed by atoms with Crippen LogP contribution in [-0.2, 0) is 6.18 Å². The smallest absolute Gasteiger partial charge is 0.272 e. The van der Waals surface area contributed by atoms with Gasteiger partial charge in [0.05, 0.1) is 10.5 Å². The third kappa shape index (κ3) is 2.56. The summed E-state index contributed by atoms with van der Waals surface area (Å²) in [5.74, 6) is 0.796.